The van der Waals surface area contributed by atoms with Crippen molar-refractivity contribution in [2.45, 2.75) is 32.5 Å². The van der Waals surface area contributed by atoms with Gasteiger partial charge in [0.2, 0.25) is 11.8 Å². The van der Waals surface area contributed by atoms with Gasteiger partial charge in [0.25, 0.3) is 0 Å². The lowest BCUT2D eigenvalue weighted by atomic mass is 10.1. The summed E-state index contributed by atoms with van der Waals surface area (Å²) in [5, 5.41) is 10.3. The Bertz CT molecular complexity index is 455. The number of aromatic nitrogens is 3. The van der Waals surface area contributed by atoms with E-state index in [-0.39, 0.29) is 11.8 Å². The SMILES string of the molecule is CC1NC(=O)C(C)N(Cc2cn(C)nn2)C1=O. The monoisotopic (exact) mass is 237 g/mol. The van der Waals surface area contributed by atoms with Crippen molar-refractivity contribution in [2.24, 2.45) is 7.05 Å². The first-order valence-corrected chi connectivity index (χ1v) is 5.45. The van der Waals surface area contributed by atoms with Crippen LogP contribution in [0.2, 0.25) is 0 Å². The molecule has 1 N–H and O–H groups in total. The summed E-state index contributed by atoms with van der Waals surface area (Å²) in [5.41, 5.74) is 0.676. The predicted octanol–water partition coefficient (Wildman–Crippen LogP) is -0.949. The third-order valence-corrected chi connectivity index (χ3v) is 2.84. The third-order valence-electron chi connectivity index (χ3n) is 2.84. The minimum Gasteiger partial charge on any atom is -0.343 e. The van der Waals surface area contributed by atoms with E-state index >= 15 is 0 Å². The molecule has 0 aromatic carbocycles. The fraction of sp³-hybridized carbons (Fsp3) is 0.600. The van der Waals surface area contributed by atoms with Gasteiger partial charge in [-0.2, -0.15) is 0 Å². The van der Waals surface area contributed by atoms with E-state index in [2.05, 4.69) is 15.6 Å². The molecule has 0 bridgehead atoms. The molecular formula is C10H15N5O2. The van der Waals surface area contributed by atoms with Gasteiger partial charge in [0.05, 0.1) is 6.54 Å². The Hall–Kier alpha value is -1.92. The lowest BCUT2D eigenvalue weighted by Gasteiger charge is -2.35. The molecule has 2 atom stereocenters. The number of nitrogens with one attached hydrogen (secondary N) is 1. The first-order valence-electron chi connectivity index (χ1n) is 5.45. The highest BCUT2D eigenvalue weighted by molar-refractivity contribution is 5.96. The summed E-state index contributed by atoms with van der Waals surface area (Å²) in [4.78, 5) is 25.1. The largest absolute Gasteiger partial charge is 0.343 e. The van der Waals surface area contributed by atoms with Crippen molar-refractivity contribution >= 4 is 11.8 Å². The van der Waals surface area contributed by atoms with E-state index in [0.717, 1.165) is 0 Å². The highest BCUT2D eigenvalue weighted by Gasteiger charge is 2.35. The van der Waals surface area contributed by atoms with Crippen LogP contribution in [-0.2, 0) is 23.2 Å². The van der Waals surface area contributed by atoms with Crippen molar-refractivity contribution in [1.82, 2.24) is 25.2 Å². The van der Waals surface area contributed by atoms with Crippen LogP contribution in [0.5, 0.6) is 0 Å². The van der Waals surface area contributed by atoms with Gasteiger partial charge >= 0.3 is 0 Å². The van der Waals surface area contributed by atoms with E-state index in [4.69, 9.17) is 0 Å². The summed E-state index contributed by atoms with van der Waals surface area (Å²) in [6.45, 7) is 3.69. The van der Waals surface area contributed by atoms with Crippen LogP contribution in [0, 0.1) is 0 Å². The van der Waals surface area contributed by atoms with Gasteiger partial charge in [-0.15, -0.1) is 5.10 Å². The van der Waals surface area contributed by atoms with Crippen LogP contribution in [0.3, 0.4) is 0 Å². The van der Waals surface area contributed by atoms with Gasteiger partial charge < -0.3 is 10.2 Å². The van der Waals surface area contributed by atoms with Crippen molar-refractivity contribution in [2.75, 3.05) is 0 Å². The fourth-order valence-corrected chi connectivity index (χ4v) is 1.83. The maximum Gasteiger partial charge on any atom is 0.245 e. The highest BCUT2D eigenvalue weighted by atomic mass is 16.2. The zero-order valence-corrected chi connectivity index (χ0v) is 10.0. The molecule has 0 radical (unpaired) electrons. The Morgan fingerprint density at radius 2 is 2.12 bits per heavy atom. The van der Waals surface area contributed by atoms with Crippen LogP contribution in [0.15, 0.2) is 6.20 Å². The summed E-state index contributed by atoms with van der Waals surface area (Å²) >= 11 is 0. The standard InChI is InChI=1S/C10H15N5O2/c1-6-10(17)15(7(2)9(16)11-6)5-8-4-14(3)13-12-8/h4,6-7H,5H2,1-3H3,(H,11,16). The van der Waals surface area contributed by atoms with Gasteiger partial charge in [0, 0.05) is 13.2 Å². The molecule has 2 unspecified atom stereocenters. The van der Waals surface area contributed by atoms with Crippen LogP contribution in [0.25, 0.3) is 0 Å². The Balaban J connectivity index is 2.17. The molecule has 0 aliphatic carbocycles. The molecule has 1 aliphatic heterocycles. The second-order valence-electron chi connectivity index (χ2n) is 4.26. The van der Waals surface area contributed by atoms with E-state index in [1.165, 1.54) is 4.90 Å². The molecule has 2 rings (SSSR count). The Labute approximate surface area is 98.8 Å². The van der Waals surface area contributed by atoms with E-state index in [1.807, 2.05) is 0 Å². The number of rotatable bonds is 2. The number of nitrogens with zero attached hydrogens (tertiary/aromatic N) is 4. The van der Waals surface area contributed by atoms with E-state index < -0.39 is 12.1 Å². The van der Waals surface area contributed by atoms with Crippen molar-refractivity contribution < 1.29 is 9.59 Å². The highest BCUT2D eigenvalue weighted by Crippen LogP contribution is 2.12. The Morgan fingerprint density at radius 3 is 2.71 bits per heavy atom. The Morgan fingerprint density at radius 1 is 1.41 bits per heavy atom. The second kappa shape index (κ2) is 4.15. The van der Waals surface area contributed by atoms with Crippen LogP contribution in [0.4, 0.5) is 0 Å². The van der Waals surface area contributed by atoms with Crippen molar-refractivity contribution in [1.29, 1.82) is 0 Å². The van der Waals surface area contributed by atoms with E-state index in [0.29, 0.717) is 12.2 Å². The lowest BCUT2D eigenvalue weighted by Crippen LogP contribution is -2.60. The molecule has 7 nitrogen and oxygen atoms in total. The topological polar surface area (TPSA) is 80.1 Å². The summed E-state index contributed by atoms with van der Waals surface area (Å²) in [6.07, 6.45) is 1.73. The van der Waals surface area contributed by atoms with Crippen LogP contribution in [-0.4, -0.2) is 43.8 Å². The van der Waals surface area contributed by atoms with Crippen LogP contribution >= 0.6 is 0 Å². The third kappa shape index (κ3) is 2.13. The molecule has 0 saturated carbocycles. The van der Waals surface area contributed by atoms with Gasteiger partial charge in [-0.3, -0.25) is 14.3 Å². The summed E-state index contributed by atoms with van der Waals surface area (Å²) < 4.78 is 1.57. The Kier molecular flexibility index (Phi) is 2.83. The zero-order valence-electron chi connectivity index (χ0n) is 10.0. The molecule has 92 valence electrons. The summed E-state index contributed by atoms with van der Waals surface area (Å²) in [6, 6.07) is -0.948. The predicted molar refractivity (Wildman–Crippen MR) is 58.6 cm³/mol. The molecule has 2 amide bonds. The van der Waals surface area contributed by atoms with E-state index in [9.17, 15) is 9.59 Å². The molecule has 1 aromatic heterocycles. The smallest absolute Gasteiger partial charge is 0.245 e. The van der Waals surface area contributed by atoms with Gasteiger partial charge in [-0.1, -0.05) is 5.21 Å². The number of hydrogen-bond acceptors (Lipinski definition) is 4. The van der Waals surface area contributed by atoms with Crippen molar-refractivity contribution in [3.63, 3.8) is 0 Å². The molecule has 2 heterocycles. The average molecular weight is 237 g/mol. The van der Waals surface area contributed by atoms with Gasteiger partial charge in [0.15, 0.2) is 0 Å². The first kappa shape index (κ1) is 11.6. The number of carbonyl (C=O) groups is 2. The van der Waals surface area contributed by atoms with E-state index in [1.54, 1.807) is 31.8 Å². The average Bonchev–Trinajstić information content (AvgIpc) is 2.68. The lowest BCUT2D eigenvalue weighted by molar-refractivity contribution is -0.148. The summed E-state index contributed by atoms with van der Waals surface area (Å²) in [5.74, 6) is -0.233. The number of piperazine rings is 1. The van der Waals surface area contributed by atoms with Gasteiger partial charge in [-0.25, -0.2) is 0 Å². The number of carbonyl (C=O) groups excluding carboxylic acids is 2. The molecule has 1 saturated heterocycles. The van der Waals surface area contributed by atoms with Crippen LogP contribution in [0.1, 0.15) is 19.5 Å². The van der Waals surface area contributed by atoms with Crippen molar-refractivity contribution in [3.8, 4) is 0 Å². The number of hydrogen-bond donors (Lipinski definition) is 1. The maximum absolute atomic E-state index is 11.9. The van der Waals surface area contributed by atoms with Crippen LogP contribution < -0.4 is 5.32 Å². The normalized spacial score (nSPS) is 25.0. The van der Waals surface area contributed by atoms with Gasteiger partial charge in [-0.05, 0) is 13.8 Å². The number of aryl methyl sites for hydroxylation is 1. The minimum absolute atomic E-state index is 0.0947. The quantitative estimate of drug-likeness (QED) is 0.719. The zero-order chi connectivity index (χ0) is 12.6. The maximum atomic E-state index is 11.9. The first-order chi connectivity index (χ1) is 7.99. The molecular weight excluding hydrogens is 222 g/mol. The molecule has 7 heteroatoms. The molecule has 0 spiro atoms. The summed E-state index contributed by atoms with van der Waals surface area (Å²) in [7, 11) is 1.76. The number of amides is 2. The molecule has 1 aliphatic rings. The molecule has 1 aromatic rings. The minimum atomic E-state index is -0.477. The van der Waals surface area contributed by atoms with Gasteiger partial charge in [0.1, 0.15) is 17.8 Å². The molecule has 17 heavy (non-hydrogen) atoms. The second-order valence-corrected chi connectivity index (χ2v) is 4.26. The fourth-order valence-electron chi connectivity index (χ4n) is 1.83. The van der Waals surface area contributed by atoms with Crippen molar-refractivity contribution in [3.05, 3.63) is 11.9 Å². The molecule has 1 fully saturated rings.